The first-order valence-electron chi connectivity index (χ1n) is 13.0. The fourth-order valence-corrected chi connectivity index (χ4v) is 3.68. The van der Waals surface area contributed by atoms with Crippen molar-refractivity contribution in [2.75, 3.05) is 0 Å². The maximum atomic E-state index is 12.1. The monoisotopic (exact) mass is 609 g/mol. The lowest BCUT2D eigenvalue weighted by Crippen LogP contribution is -2.36. The van der Waals surface area contributed by atoms with E-state index in [0.717, 1.165) is 0 Å². The van der Waals surface area contributed by atoms with Crippen LogP contribution in [0.3, 0.4) is 0 Å². The van der Waals surface area contributed by atoms with Crippen LogP contribution in [0.2, 0.25) is 0 Å². The highest BCUT2D eigenvalue weighted by Gasteiger charge is 2.19. The Balaban J connectivity index is 0.000000240. The van der Waals surface area contributed by atoms with Gasteiger partial charge in [0, 0.05) is 33.8 Å². The molecule has 232 valence electrons. The Labute approximate surface area is 249 Å². The molecule has 44 heavy (non-hydrogen) atoms. The number of aromatic nitrogens is 8. The molecule has 0 atom stereocenters. The number of aromatic amines is 1. The summed E-state index contributed by atoms with van der Waals surface area (Å²) in [5.41, 5.74) is -1.67. The number of hydrogen-bond acceptors (Lipinski definition) is 13. The molecule has 4 aromatic heterocycles. The molecule has 0 radical (unpaired) electrons. The number of azo groups is 2. The third-order valence-electron chi connectivity index (χ3n) is 6.98. The lowest BCUT2D eigenvalue weighted by atomic mass is 10.3. The van der Waals surface area contributed by atoms with E-state index in [1.807, 2.05) is 0 Å². The van der Waals surface area contributed by atoms with Crippen LogP contribution < -0.4 is 26.8 Å². The molecule has 0 aliphatic heterocycles. The van der Waals surface area contributed by atoms with Gasteiger partial charge in [-0.15, -0.1) is 20.5 Å². The molecular formula is C26H33N12O6+. The molecule has 4 aromatic rings. The second kappa shape index (κ2) is 12.7. The summed E-state index contributed by atoms with van der Waals surface area (Å²) in [5, 5.41) is 34.7. The van der Waals surface area contributed by atoms with Gasteiger partial charge in [0.2, 0.25) is 11.6 Å². The smallest absolute Gasteiger partial charge is 0.367 e. The fourth-order valence-electron chi connectivity index (χ4n) is 3.68. The van der Waals surface area contributed by atoms with Gasteiger partial charge in [0.15, 0.2) is 11.4 Å². The lowest BCUT2D eigenvalue weighted by molar-refractivity contribution is -0.686. The highest BCUT2D eigenvalue weighted by Crippen LogP contribution is 2.22. The molecule has 0 saturated heterocycles. The van der Waals surface area contributed by atoms with Gasteiger partial charge < -0.3 is 14.8 Å². The van der Waals surface area contributed by atoms with Crippen LogP contribution in [0.5, 0.6) is 11.8 Å². The van der Waals surface area contributed by atoms with Gasteiger partial charge >= 0.3 is 17.0 Å². The Morgan fingerprint density at radius 2 is 1.14 bits per heavy atom. The Hall–Kier alpha value is -5.68. The van der Waals surface area contributed by atoms with Crippen LogP contribution >= 0.6 is 0 Å². The largest absolute Gasteiger partial charge is 0.492 e. The van der Waals surface area contributed by atoms with E-state index >= 15 is 0 Å². The first-order valence-corrected chi connectivity index (χ1v) is 13.0. The summed E-state index contributed by atoms with van der Waals surface area (Å²) >= 11 is 0. The van der Waals surface area contributed by atoms with Crippen LogP contribution in [0.25, 0.3) is 0 Å². The van der Waals surface area contributed by atoms with Gasteiger partial charge in [-0.3, -0.25) is 23.5 Å². The van der Waals surface area contributed by atoms with E-state index < -0.39 is 22.6 Å². The predicted molar refractivity (Wildman–Crippen MR) is 157 cm³/mol. The molecule has 0 aromatic carbocycles. The summed E-state index contributed by atoms with van der Waals surface area (Å²) in [6, 6.07) is 0. The summed E-state index contributed by atoms with van der Waals surface area (Å²) < 4.78 is 5.60. The first kappa shape index (κ1) is 32.8. The third kappa shape index (κ3) is 6.37. The minimum absolute atomic E-state index is 0.00938. The fraction of sp³-hybridized carbons (Fsp3) is 0.385. The summed E-state index contributed by atoms with van der Waals surface area (Å²) in [7, 11) is 6.37. The van der Waals surface area contributed by atoms with Crippen LogP contribution in [-0.2, 0) is 28.2 Å². The normalized spacial score (nSPS) is 11.3. The topological polar surface area (TPSA) is 231 Å². The molecule has 0 bridgehead atoms. The van der Waals surface area contributed by atoms with Gasteiger partial charge in [0.1, 0.15) is 17.5 Å². The van der Waals surface area contributed by atoms with Crippen LogP contribution in [0.15, 0.2) is 39.6 Å². The van der Waals surface area contributed by atoms with Gasteiger partial charge in [-0.05, 0) is 34.6 Å². The summed E-state index contributed by atoms with van der Waals surface area (Å²) in [6.07, 6.45) is 0. The molecular weight excluding hydrogens is 576 g/mol. The van der Waals surface area contributed by atoms with Crippen molar-refractivity contribution >= 4 is 22.7 Å². The molecule has 4 rings (SSSR count). The van der Waals surface area contributed by atoms with Crippen molar-refractivity contribution in [1.29, 1.82) is 0 Å². The zero-order valence-corrected chi connectivity index (χ0v) is 25.9. The maximum Gasteiger partial charge on any atom is 0.367 e. The van der Waals surface area contributed by atoms with Gasteiger partial charge in [-0.25, -0.2) is 19.3 Å². The molecule has 3 N–H and O–H groups in total. The van der Waals surface area contributed by atoms with Crippen molar-refractivity contribution < 1.29 is 14.8 Å². The minimum atomic E-state index is -0.591. The molecule has 0 aliphatic carbocycles. The highest BCUT2D eigenvalue weighted by atomic mass is 16.3. The van der Waals surface area contributed by atoms with E-state index in [1.54, 1.807) is 67.3 Å². The molecule has 4 heterocycles. The number of H-pyrrole nitrogens is 1. The van der Waals surface area contributed by atoms with Crippen molar-refractivity contribution in [3.05, 3.63) is 76.1 Å². The summed E-state index contributed by atoms with van der Waals surface area (Å²) in [6.45, 7) is 9.92. The number of hydrogen-bond donors (Lipinski definition) is 3. The number of aryl methyl sites for hydroxylation is 5. The molecule has 0 fully saturated rings. The van der Waals surface area contributed by atoms with Crippen molar-refractivity contribution in [2.24, 2.45) is 48.6 Å². The van der Waals surface area contributed by atoms with Gasteiger partial charge in [0.05, 0.1) is 12.7 Å². The maximum absolute atomic E-state index is 12.1. The Kier molecular flexibility index (Phi) is 9.46. The molecule has 18 heteroatoms. The average Bonchev–Trinajstić information content (AvgIpc) is 2.95. The van der Waals surface area contributed by atoms with Gasteiger partial charge in [0.25, 0.3) is 22.6 Å². The van der Waals surface area contributed by atoms with Crippen molar-refractivity contribution in [2.45, 2.75) is 41.5 Å². The zero-order valence-electron chi connectivity index (χ0n) is 25.9. The molecule has 0 saturated carbocycles. The van der Waals surface area contributed by atoms with E-state index in [0.29, 0.717) is 34.7 Å². The second-order valence-electron chi connectivity index (χ2n) is 9.78. The molecule has 0 unspecified atom stereocenters. The Morgan fingerprint density at radius 3 is 1.75 bits per heavy atom. The van der Waals surface area contributed by atoms with Crippen LogP contribution in [0, 0.1) is 41.5 Å². The molecule has 0 amide bonds. The number of nitrogens with one attached hydrogen (secondary N) is 1. The quantitative estimate of drug-likeness (QED) is 0.223. The third-order valence-corrected chi connectivity index (χ3v) is 6.98. The number of rotatable bonds is 4. The van der Waals surface area contributed by atoms with Crippen LogP contribution in [0.1, 0.15) is 34.7 Å². The van der Waals surface area contributed by atoms with E-state index in [9.17, 15) is 29.4 Å². The minimum Gasteiger partial charge on any atom is -0.492 e. The van der Waals surface area contributed by atoms with Gasteiger partial charge in [-0.1, -0.05) is 0 Å². The SMILES string of the molecule is Cc1nc(=O)c(N=Nc2c(O)nc(C)n(C)c2=O)c(C)n1C.Cc1nc(C)n(C)c(=O)c1N=Nc1c(O)[n+](C)c(C)[nH]c1=O. The van der Waals surface area contributed by atoms with E-state index in [-0.39, 0.29) is 34.2 Å². The Morgan fingerprint density at radius 1 is 0.659 bits per heavy atom. The lowest BCUT2D eigenvalue weighted by Gasteiger charge is -2.08. The summed E-state index contributed by atoms with van der Waals surface area (Å²) in [4.78, 5) is 62.2. The number of aromatic hydroxyl groups is 2. The van der Waals surface area contributed by atoms with Gasteiger partial charge in [-0.2, -0.15) is 9.97 Å². The van der Waals surface area contributed by atoms with Crippen LogP contribution in [0.4, 0.5) is 22.7 Å². The molecule has 0 spiro atoms. The summed E-state index contributed by atoms with van der Waals surface area (Å²) in [5.74, 6) is 1.02. The molecule has 0 aliphatic rings. The van der Waals surface area contributed by atoms with E-state index in [2.05, 4.69) is 40.4 Å². The van der Waals surface area contributed by atoms with Crippen molar-refractivity contribution in [3.8, 4) is 11.8 Å². The zero-order chi connectivity index (χ0) is 33.2. The van der Waals surface area contributed by atoms with E-state index in [4.69, 9.17) is 0 Å². The number of nitrogens with zero attached hydrogens (tertiary/aromatic N) is 11. The average molecular weight is 610 g/mol. The first-order chi connectivity index (χ1) is 20.5. The second-order valence-corrected chi connectivity index (χ2v) is 9.78. The van der Waals surface area contributed by atoms with Crippen molar-refractivity contribution in [1.82, 2.24) is 33.6 Å². The Bertz CT molecular complexity index is 1930. The standard InChI is InChI=1S/2C13H16N6O3/c1-6-9(12(21)18(4)7(2)14-6)16-17-10-11(20)15-8(3)19(5)13(10)22;1-6-9(11(20)14-7(2)18(6)4)16-17-10-12(21)15-8(3)19(5)13(10)22/h1-5H3,(H,16,20,22);21H,1-5H3/p+1. The molecule has 18 nitrogen and oxygen atoms in total. The van der Waals surface area contributed by atoms with Crippen LogP contribution in [-0.4, -0.2) is 43.9 Å². The van der Waals surface area contributed by atoms with Crippen molar-refractivity contribution in [3.63, 3.8) is 0 Å². The van der Waals surface area contributed by atoms with E-state index in [1.165, 1.54) is 20.7 Å². The highest BCUT2D eigenvalue weighted by molar-refractivity contribution is 5.46. The predicted octanol–water partition coefficient (Wildman–Crippen LogP) is 1.26.